The Hall–Kier alpha value is -1.95. The minimum atomic E-state index is 0.496. The van der Waals surface area contributed by atoms with Crippen LogP contribution >= 0.6 is 0 Å². The lowest BCUT2D eigenvalue weighted by Gasteiger charge is -2.30. The van der Waals surface area contributed by atoms with E-state index >= 15 is 0 Å². The molecule has 3 rings (SSSR count). The fourth-order valence-electron chi connectivity index (χ4n) is 2.70. The van der Waals surface area contributed by atoms with Gasteiger partial charge in [-0.1, -0.05) is 0 Å². The summed E-state index contributed by atoms with van der Waals surface area (Å²) in [6, 6.07) is 2.00. The molecule has 0 radical (unpaired) electrons. The fourth-order valence-corrected chi connectivity index (χ4v) is 2.70. The molecule has 0 unspecified atom stereocenters. The lowest BCUT2D eigenvalue weighted by Crippen LogP contribution is -2.38. The third kappa shape index (κ3) is 3.05. The van der Waals surface area contributed by atoms with Gasteiger partial charge >= 0.3 is 0 Å². The number of likely N-dealkylation sites (tertiary alicyclic amines) is 1. The van der Waals surface area contributed by atoms with Gasteiger partial charge in [-0.15, -0.1) is 0 Å². The van der Waals surface area contributed by atoms with E-state index in [1.165, 1.54) is 19.5 Å². The van der Waals surface area contributed by atoms with Gasteiger partial charge in [0.15, 0.2) is 5.65 Å². The van der Waals surface area contributed by atoms with Crippen molar-refractivity contribution in [2.24, 2.45) is 0 Å². The van der Waals surface area contributed by atoms with E-state index < -0.39 is 0 Å². The van der Waals surface area contributed by atoms with Crippen LogP contribution in [0.1, 0.15) is 24.1 Å². The molecule has 2 aromatic rings. The van der Waals surface area contributed by atoms with Gasteiger partial charge in [-0.3, -0.25) is 0 Å². The van der Waals surface area contributed by atoms with Crippen molar-refractivity contribution in [3.63, 3.8) is 0 Å². The summed E-state index contributed by atoms with van der Waals surface area (Å²) >= 11 is 0. The zero-order chi connectivity index (χ0) is 14.8. The summed E-state index contributed by atoms with van der Waals surface area (Å²) in [7, 11) is 0. The molecule has 0 amide bonds. The number of aryl methyl sites for hydroxylation is 2. The highest BCUT2D eigenvalue weighted by atomic mass is 15.2. The summed E-state index contributed by atoms with van der Waals surface area (Å²) < 4.78 is 0. The molecule has 0 spiro atoms. The van der Waals surface area contributed by atoms with Crippen molar-refractivity contribution in [3.8, 4) is 0 Å². The molecule has 3 heterocycles. The van der Waals surface area contributed by atoms with Gasteiger partial charge in [0.05, 0.1) is 5.39 Å². The zero-order valence-corrected chi connectivity index (χ0v) is 12.7. The molecule has 21 heavy (non-hydrogen) atoms. The van der Waals surface area contributed by atoms with Gasteiger partial charge in [-0.2, -0.15) is 9.97 Å². The molecule has 1 aliphatic heterocycles. The first-order valence-corrected chi connectivity index (χ1v) is 7.51. The zero-order valence-electron chi connectivity index (χ0n) is 12.7. The highest BCUT2D eigenvalue weighted by molar-refractivity contribution is 5.89. The van der Waals surface area contributed by atoms with E-state index in [0.717, 1.165) is 36.2 Å². The van der Waals surface area contributed by atoms with Crippen LogP contribution in [-0.4, -0.2) is 46.0 Å². The van der Waals surface area contributed by atoms with Crippen LogP contribution in [0.4, 0.5) is 11.8 Å². The van der Waals surface area contributed by atoms with Gasteiger partial charge in [-0.05, 0) is 58.0 Å². The van der Waals surface area contributed by atoms with Crippen LogP contribution in [0, 0.1) is 13.8 Å². The third-order valence-electron chi connectivity index (χ3n) is 3.90. The van der Waals surface area contributed by atoms with Crippen molar-refractivity contribution < 1.29 is 0 Å². The molecular formula is C15H22N6. The van der Waals surface area contributed by atoms with Crippen LogP contribution in [0.5, 0.6) is 0 Å². The predicted octanol–water partition coefficient (Wildman–Crippen LogP) is 1.73. The lowest BCUT2D eigenvalue weighted by atomic mass is 10.1. The molecule has 1 saturated heterocycles. The van der Waals surface area contributed by atoms with Crippen molar-refractivity contribution in [1.29, 1.82) is 0 Å². The van der Waals surface area contributed by atoms with Crippen molar-refractivity contribution in [2.45, 2.75) is 26.7 Å². The van der Waals surface area contributed by atoms with Gasteiger partial charge < -0.3 is 16.0 Å². The number of nitrogens with one attached hydrogen (secondary N) is 1. The SMILES string of the molecule is Cc1cc(C)c2c(N)nc(NCCCN3CCC3)nc2n1. The summed E-state index contributed by atoms with van der Waals surface area (Å²) in [4.78, 5) is 15.7. The maximum atomic E-state index is 6.05. The molecule has 6 heteroatoms. The number of rotatable bonds is 5. The Morgan fingerprint density at radius 1 is 1.24 bits per heavy atom. The van der Waals surface area contributed by atoms with E-state index in [1.807, 2.05) is 19.9 Å². The molecule has 112 valence electrons. The number of fused-ring (bicyclic) bond motifs is 1. The summed E-state index contributed by atoms with van der Waals surface area (Å²) in [5, 5.41) is 4.10. The second-order valence-corrected chi connectivity index (χ2v) is 5.69. The summed E-state index contributed by atoms with van der Waals surface area (Å²) in [5.74, 6) is 1.07. The van der Waals surface area contributed by atoms with E-state index in [0.29, 0.717) is 17.4 Å². The smallest absolute Gasteiger partial charge is 0.226 e. The number of hydrogen-bond acceptors (Lipinski definition) is 6. The first-order valence-electron chi connectivity index (χ1n) is 7.51. The van der Waals surface area contributed by atoms with E-state index in [9.17, 15) is 0 Å². The Balaban J connectivity index is 1.70. The molecule has 0 aromatic carbocycles. The Morgan fingerprint density at radius 3 is 2.76 bits per heavy atom. The maximum Gasteiger partial charge on any atom is 0.226 e. The molecule has 2 aromatic heterocycles. The topological polar surface area (TPSA) is 80.0 Å². The van der Waals surface area contributed by atoms with E-state index in [2.05, 4.69) is 25.2 Å². The molecule has 1 aliphatic rings. The molecule has 0 atom stereocenters. The highest BCUT2D eigenvalue weighted by Gasteiger charge is 2.13. The average molecular weight is 286 g/mol. The summed E-state index contributed by atoms with van der Waals surface area (Å²) in [5.41, 5.74) is 8.74. The van der Waals surface area contributed by atoms with Crippen molar-refractivity contribution in [1.82, 2.24) is 19.9 Å². The number of nitrogens with two attached hydrogens (primary N) is 1. The first kappa shape index (κ1) is 14.0. The van der Waals surface area contributed by atoms with E-state index in [-0.39, 0.29) is 0 Å². The summed E-state index contributed by atoms with van der Waals surface area (Å²) in [6.07, 6.45) is 2.42. The summed E-state index contributed by atoms with van der Waals surface area (Å²) in [6.45, 7) is 8.43. The second-order valence-electron chi connectivity index (χ2n) is 5.69. The lowest BCUT2D eigenvalue weighted by molar-refractivity contribution is 0.181. The molecule has 0 saturated carbocycles. The minimum Gasteiger partial charge on any atom is -0.383 e. The number of nitrogens with zero attached hydrogens (tertiary/aromatic N) is 4. The van der Waals surface area contributed by atoms with Crippen LogP contribution in [0.15, 0.2) is 6.07 Å². The Bertz CT molecular complexity index is 650. The van der Waals surface area contributed by atoms with Crippen molar-refractivity contribution >= 4 is 22.8 Å². The van der Waals surface area contributed by atoms with Gasteiger partial charge in [0.1, 0.15) is 5.82 Å². The Morgan fingerprint density at radius 2 is 2.05 bits per heavy atom. The normalized spacial score (nSPS) is 15.1. The number of hydrogen-bond donors (Lipinski definition) is 2. The van der Waals surface area contributed by atoms with Crippen LogP contribution in [-0.2, 0) is 0 Å². The van der Waals surface area contributed by atoms with Gasteiger partial charge in [0, 0.05) is 12.2 Å². The maximum absolute atomic E-state index is 6.05. The van der Waals surface area contributed by atoms with Crippen molar-refractivity contribution in [3.05, 3.63) is 17.3 Å². The monoisotopic (exact) mass is 286 g/mol. The highest BCUT2D eigenvalue weighted by Crippen LogP contribution is 2.22. The van der Waals surface area contributed by atoms with Crippen LogP contribution in [0.3, 0.4) is 0 Å². The molecule has 6 nitrogen and oxygen atoms in total. The molecule has 0 bridgehead atoms. The predicted molar refractivity (Wildman–Crippen MR) is 85.4 cm³/mol. The van der Waals surface area contributed by atoms with Crippen LogP contribution in [0.2, 0.25) is 0 Å². The quantitative estimate of drug-likeness (QED) is 0.815. The largest absolute Gasteiger partial charge is 0.383 e. The van der Waals surface area contributed by atoms with Gasteiger partial charge in [-0.25, -0.2) is 4.98 Å². The Labute approximate surface area is 124 Å². The standard InChI is InChI=1S/C15H22N6/c1-10-9-11(2)18-14-12(10)13(16)19-15(20-14)17-5-3-6-21-7-4-8-21/h9H,3-8H2,1-2H3,(H3,16,17,18,19,20). The number of nitrogen functional groups attached to an aromatic ring is 1. The average Bonchev–Trinajstić information content (AvgIpc) is 2.34. The van der Waals surface area contributed by atoms with Crippen LogP contribution in [0.25, 0.3) is 11.0 Å². The first-order chi connectivity index (χ1) is 10.1. The molecule has 0 aliphatic carbocycles. The Kier molecular flexibility index (Phi) is 3.88. The van der Waals surface area contributed by atoms with E-state index in [4.69, 9.17) is 5.73 Å². The molecular weight excluding hydrogens is 264 g/mol. The van der Waals surface area contributed by atoms with E-state index in [1.54, 1.807) is 0 Å². The number of aromatic nitrogens is 3. The second kappa shape index (κ2) is 5.81. The van der Waals surface area contributed by atoms with Crippen molar-refractivity contribution in [2.75, 3.05) is 37.2 Å². The van der Waals surface area contributed by atoms with Crippen LogP contribution < -0.4 is 11.1 Å². The molecule has 1 fully saturated rings. The third-order valence-corrected chi connectivity index (χ3v) is 3.90. The number of pyridine rings is 1. The fraction of sp³-hybridized carbons (Fsp3) is 0.533. The minimum absolute atomic E-state index is 0.496. The molecule has 3 N–H and O–H groups in total. The van der Waals surface area contributed by atoms with Gasteiger partial charge in [0.2, 0.25) is 5.95 Å². The van der Waals surface area contributed by atoms with Gasteiger partial charge in [0.25, 0.3) is 0 Å². The number of anilines is 2.